The average Bonchev–Trinajstić information content (AvgIpc) is 3.63. The summed E-state index contributed by atoms with van der Waals surface area (Å²) in [7, 11) is 0. The molecule has 0 atom stereocenters. The Balaban J connectivity index is 1.06. The van der Waals surface area contributed by atoms with E-state index < -0.39 is 0 Å². The summed E-state index contributed by atoms with van der Waals surface area (Å²) in [6, 6.07) is 77.2. The highest BCUT2D eigenvalue weighted by Gasteiger charge is 2.18. The molecule has 0 bridgehead atoms. The normalized spacial score (nSPS) is 11.3. The fourth-order valence-corrected chi connectivity index (χ4v) is 8.86. The van der Waals surface area contributed by atoms with Crippen molar-refractivity contribution < 1.29 is 0 Å². The molecule has 1 heterocycles. The molecule has 10 rings (SSSR count). The summed E-state index contributed by atoms with van der Waals surface area (Å²) in [5.74, 6) is 0. The van der Waals surface area contributed by atoms with Gasteiger partial charge in [-0.25, -0.2) is 0 Å². The molecular formula is C52H35NS. The first-order valence-electron chi connectivity index (χ1n) is 18.4. The van der Waals surface area contributed by atoms with Crippen molar-refractivity contribution in [3.63, 3.8) is 0 Å². The highest BCUT2D eigenvalue weighted by molar-refractivity contribution is 7.25. The molecule has 0 aliphatic carbocycles. The first-order chi connectivity index (χ1) is 26.7. The number of thiophene rings is 1. The smallest absolute Gasteiger partial charge is 0.0540 e. The van der Waals surface area contributed by atoms with Crippen molar-refractivity contribution in [1.82, 2.24) is 0 Å². The number of rotatable bonds is 7. The van der Waals surface area contributed by atoms with Crippen LogP contribution in [0.25, 0.3) is 75.5 Å². The topological polar surface area (TPSA) is 3.24 Å². The Hall–Kier alpha value is -6.74. The van der Waals surface area contributed by atoms with E-state index in [1.54, 1.807) is 0 Å². The number of para-hydroxylation sites is 1. The molecule has 54 heavy (non-hydrogen) atoms. The number of hydrogen-bond donors (Lipinski definition) is 0. The fraction of sp³-hybridized carbons (Fsp3) is 0. The summed E-state index contributed by atoms with van der Waals surface area (Å²) < 4.78 is 2.62. The molecule has 254 valence electrons. The third-order valence-electron chi connectivity index (χ3n) is 10.5. The van der Waals surface area contributed by atoms with Crippen LogP contribution >= 0.6 is 11.3 Å². The number of anilines is 3. The van der Waals surface area contributed by atoms with Gasteiger partial charge in [-0.05, 0) is 104 Å². The van der Waals surface area contributed by atoms with Crippen LogP contribution in [0.3, 0.4) is 0 Å². The summed E-state index contributed by atoms with van der Waals surface area (Å²) in [6.07, 6.45) is 0. The lowest BCUT2D eigenvalue weighted by Gasteiger charge is -2.28. The van der Waals surface area contributed by atoms with Crippen LogP contribution < -0.4 is 4.90 Å². The Morgan fingerprint density at radius 1 is 0.296 bits per heavy atom. The molecule has 0 N–H and O–H groups in total. The summed E-state index contributed by atoms with van der Waals surface area (Å²) in [5, 5.41) is 5.14. The maximum atomic E-state index is 2.40. The van der Waals surface area contributed by atoms with Crippen LogP contribution in [0.15, 0.2) is 212 Å². The van der Waals surface area contributed by atoms with Crippen LogP contribution in [0, 0.1) is 0 Å². The zero-order valence-corrected chi connectivity index (χ0v) is 30.4. The second-order valence-corrected chi connectivity index (χ2v) is 14.8. The lowest BCUT2D eigenvalue weighted by atomic mass is 9.97. The molecule has 0 amide bonds. The van der Waals surface area contributed by atoms with Crippen LogP contribution in [-0.2, 0) is 0 Å². The Morgan fingerprint density at radius 3 is 1.63 bits per heavy atom. The Bertz CT molecular complexity index is 2920. The number of nitrogens with zero attached hydrogens (tertiary/aromatic N) is 1. The second kappa shape index (κ2) is 13.7. The molecule has 9 aromatic carbocycles. The van der Waals surface area contributed by atoms with Gasteiger partial charge in [0, 0.05) is 37.1 Å². The zero-order valence-electron chi connectivity index (χ0n) is 29.6. The first-order valence-corrected chi connectivity index (χ1v) is 19.2. The number of benzene rings is 9. The van der Waals surface area contributed by atoms with E-state index in [1.807, 2.05) is 11.3 Å². The van der Waals surface area contributed by atoms with Crippen LogP contribution in [0.2, 0.25) is 0 Å². The molecule has 2 heteroatoms. The summed E-state index contributed by atoms with van der Waals surface area (Å²) >= 11 is 1.86. The van der Waals surface area contributed by atoms with Gasteiger partial charge in [-0.3, -0.25) is 0 Å². The van der Waals surface area contributed by atoms with Crippen molar-refractivity contribution in [2.75, 3.05) is 4.90 Å². The molecule has 1 nitrogen and oxygen atoms in total. The van der Waals surface area contributed by atoms with Crippen molar-refractivity contribution in [2.45, 2.75) is 0 Å². The van der Waals surface area contributed by atoms with Crippen LogP contribution in [0.5, 0.6) is 0 Å². The summed E-state index contributed by atoms with van der Waals surface area (Å²) in [6.45, 7) is 0. The van der Waals surface area contributed by atoms with Crippen LogP contribution in [0.4, 0.5) is 17.1 Å². The van der Waals surface area contributed by atoms with Gasteiger partial charge in [-0.1, -0.05) is 158 Å². The van der Waals surface area contributed by atoms with Crippen molar-refractivity contribution in [2.24, 2.45) is 0 Å². The van der Waals surface area contributed by atoms with E-state index in [1.165, 1.54) is 75.5 Å². The van der Waals surface area contributed by atoms with Gasteiger partial charge in [-0.2, -0.15) is 0 Å². The largest absolute Gasteiger partial charge is 0.310 e. The van der Waals surface area contributed by atoms with Gasteiger partial charge >= 0.3 is 0 Å². The van der Waals surface area contributed by atoms with Crippen molar-refractivity contribution in [3.8, 4) is 44.5 Å². The molecule has 0 fully saturated rings. The summed E-state index contributed by atoms with van der Waals surface area (Å²) in [5.41, 5.74) is 13.0. The van der Waals surface area contributed by atoms with Crippen LogP contribution in [0.1, 0.15) is 0 Å². The predicted molar refractivity (Wildman–Crippen MR) is 233 cm³/mol. The van der Waals surface area contributed by atoms with E-state index in [4.69, 9.17) is 0 Å². The van der Waals surface area contributed by atoms with E-state index in [9.17, 15) is 0 Å². The SMILES string of the molecule is c1ccc(-c2ccc(N(c3ccc(-c4cccc(-c5ccc6ccccc6c5)c4)cc3)c3ccccc3-c3ccc4c(c3)sc3ccccc34)cc2)cc1. The molecule has 0 saturated carbocycles. The monoisotopic (exact) mass is 705 g/mol. The van der Waals surface area contributed by atoms with Gasteiger partial charge in [0.25, 0.3) is 0 Å². The third-order valence-corrected chi connectivity index (χ3v) is 11.6. The van der Waals surface area contributed by atoms with Gasteiger partial charge in [0.15, 0.2) is 0 Å². The zero-order chi connectivity index (χ0) is 35.8. The molecule has 1 aromatic heterocycles. The lowest BCUT2D eigenvalue weighted by molar-refractivity contribution is 1.28. The number of hydrogen-bond acceptors (Lipinski definition) is 2. The highest BCUT2D eigenvalue weighted by atomic mass is 32.1. The fourth-order valence-electron chi connectivity index (χ4n) is 7.72. The minimum Gasteiger partial charge on any atom is -0.310 e. The molecule has 0 unspecified atom stereocenters. The minimum atomic E-state index is 1.10. The predicted octanol–water partition coefficient (Wildman–Crippen LogP) is 15.3. The number of fused-ring (bicyclic) bond motifs is 4. The summed E-state index contributed by atoms with van der Waals surface area (Å²) in [4.78, 5) is 2.40. The molecule has 0 saturated heterocycles. The quantitative estimate of drug-likeness (QED) is 0.160. The Labute approximate surface area is 319 Å². The van der Waals surface area contributed by atoms with Gasteiger partial charge in [0.05, 0.1) is 5.69 Å². The molecular weight excluding hydrogens is 671 g/mol. The standard InChI is InChI=1S/C52H35NS/c1-2-11-36(12-3-1)38-23-28-45(29-24-38)53(50-19-8-6-17-47(50)44-27-32-49-48-18-7-9-20-51(48)54-52(49)35-44)46-30-25-39(26-31-46)41-15-10-16-42(33-41)43-22-21-37-13-4-5-14-40(37)34-43/h1-35H. The second-order valence-electron chi connectivity index (χ2n) is 13.8. The van der Waals surface area contributed by atoms with Gasteiger partial charge in [0.1, 0.15) is 0 Å². The third kappa shape index (κ3) is 5.93. The maximum absolute atomic E-state index is 2.40. The maximum Gasteiger partial charge on any atom is 0.0540 e. The molecule has 0 radical (unpaired) electrons. The van der Waals surface area contributed by atoms with E-state index in [0.717, 1.165) is 17.1 Å². The van der Waals surface area contributed by atoms with Crippen LogP contribution in [-0.4, -0.2) is 0 Å². The molecule has 0 aliphatic rings. The van der Waals surface area contributed by atoms with E-state index in [0.29, 0.717) is 0 Å². The lowest BCUT2D eigenvalue weighted by Crippen LogP contribution is -2.11. The van der Waals surface area contributed by atoms with Gasteiger partial charge in [0.2, 0.25) is 0 Å². The average molecular weight is 706 g/mol. The minimum absolute atomic E-state index is 1.10. The van der Waals surface area contributed by atoms with Crippen molar-refractivity contribution >= 4 is 59.3 Å². The van der Waals surface area contributed by atoms with Crippen molar-refractivity contribution in [1.29, 1.82) is 0 Å². The van der Waals surface area contributed by atoms with Gasteiger partial charge < -0.3 is 4.90 Å². The Kier molecular flexibility index (Phi) is 8.09. The molecule has 0 spiro atoms. The van der Waals surface area contributed by atoms with E-state index in [-0.39, 0.29) is 0 Å². The first kappa shape index (κ1) is 32.0. The van der Waals surface area contributed by atoms with E-state index >= 15 is 0 Å². The van der Waals surface area contributed by atoms with Crippen molar-refractivity contribution in [3.05, 3.63) is 212 Å². The Morgan fingerprint density at radius 2 is 0.833 bits per heavy atom. The molecule has 0 aliphatic heterocycles. The highest BCUT2D eigenvalue weighted by Crippen LogP contribution is 2.44. The molecule has 10 aromatic rings. The van der Waals surface area contributed by atoms with Gasteiger partial charge in [-0.15, -0.1) is 11.3 Å². The van der Waals surface area contributed by atoms with E-state index in [2.05, 4.69) is 217 Å².